The number of carbonyl (C=O) groups is 1. The third kappa shape index (κ3) is 2.50. The lowest BCUT2D eigenvalue weighted by atomic mass is 9.97. The van der Waals surface area contributed by atoms with Crippen molar-refractivity contribution in [1.82, 2.24) is 0 Å². The lowest BCUT2D eigenvalue weighted by Gasteiger charge is -2.12. The lowest BCUT2D eigenvalue weighted by molar-refractivity contribution is 0.0963. The number of aliphatic imine (C=N–C) groups is 1. The minimum Gasteiger partial charge on any atom is -0.483 e. The van der Waals surface area contributed by atoms with E-state index in [1.807, 2.05) is 18.2 Å². The quantitative estimate of drug-likeness (QED) is 0.728. The van der Waals surface area contributed by atoms with Gasteiger partial charge in [0.15, 0.2) is 5.78 Å². The van der Waals surface area contributed by atoms with Crippen LogP contribution in [0, 0.1) is 5.92 Å². The molecule has 0 fully saturated rings. The van der Waals surface area contributed by atoms with Crippen LogP contribution in [0.5, 0.6) is 0 Å². The molecule has 0 aliphatic carbocycles. The molecule has 0 N–H and O–H groups in total. The number of ketones is 1. The smallest absolute Gasteiger partial charge is 0.202 e. The molecule has 0 saturated heterocycles. The Morgan fingerprint density at radius 2 is 2.00 bits per heavy atom. The molecule has 3 nitrogen and oxygen atoms in total. The predicted octanol–water partition coefficient (Wildman–Crippen LogP) is 2.61. The summed E-state index contributed by atoms with van der Waals surface area (Å²) < 4.78 is 5.15. The van der Waals surface area contributed by atoms with E-state index in [1.54, 1.807) is 36.6 Å². The van der Waals surface area contributed by atoms with E-state index in [2.05, 4.69) is 4.99 Å². The maximum Gasteiger partial charge on any atom is 0.202 e. The number of carbonyl (C=O) groups excluding carboxylic acids is 1. The highest BCUT2D eigenvalue weighted by Gasteiger charge is 2.24. The van der Waals surface area contributed by atoms with Crippen molar-refractivity contribution in [3.05, 3.63) is 60.3 Å². The number of rotatable bonds is 2. The Morgan fingerprint density at radius 3 is 2.71 bits per heavy atom. The van der Waals surface area contributed by atoms with Gasteiger partial charge in [0.2, 0.25) is 5.90 Å². The summed E-state index contributed by atoms with van der Waals surface area (Å²) in [5.41, 5.74) is 0.661. The van der Waals surface area contributed by atoms with Gasteiger partial charge in [-0.3, -0.25) is 4.79 Å². The summed E-state index contributed by atoms with van der Waals surface area (Å²) in [7, 11) is 1.52. The highest BCUT2D eigenvalue weighted by Crippen LogP contribution is 2.15. The first kappa shape index (κ1) is 11.3. The highest BCUT2D eigenvalue weighted by atomic mass is 16.5. The van der Waals surface area contributed by atoms with Gasteiger partial charge in [-0.05, 0) is 6.08 Å². The summed E-state index contributed by atoms with van der Waals surface area (Å²) >= 11 is 0. The molecule has 0 radical (unpaired) electrons. The Hall–Kier alpha value is -2.16. The molecule has 86 valence electrons. The molecular formula is C14H13NO2. The van der Waals surface area contributed by atoms with Gasteiger partial charge in [0.1, 0.15) is 5.92 Å². The number of hydrogen-bond donors (Lipinski definition) is 0. The number of hydrogen-bond acceptors (Lipinski definition) is 3. The van der Waals surface area contributed by atoms with E-state index in [0.717, 1.165) is 0 Å². The monoisotopic (exact) mass is 227 g/mol. The average molecular weight is 227 g/mol. The molecule has 0 saturated carbocycles. The topological polar surface area (TPSA) is 38.7 Å². The summed E-state index contributed by atoms with van der Waals surface area (Å²) in [5, 5.41) is 0. The fourth-order valence-electron chi connectivity index (χ4n) is 1.67. The first-order valence-electron chi connectivity index (χ1n) is 5.37. The van der Waals surface area contributed by atoms with Crippen LogP contribution in [0.25, 0.3) is 0 Å². The largest absolute Gasteiger partial charge is 0.483 e. The van der Waals surface area contributed by atoms with Gasteiger partial charge in [0, 0.05) is 11.8 Å². The molecule has 0 aromatic heterocycles. The van der Waals surface area contributed by atoms with Crippen molar-refractivity contribution in [2.75, 3.05) is 7.11 Å². The van der Waals surface area contributed by atoms with Crippen LogP contribution in [0.4, 0.5) is 0 Å². The van der Waals surface area contributed by atoms with Crippen molar-refractivity contribution in [3.63, 3.8) is 0 Å². The van der Waals surface area contributed by atoms with Crippen LogP contribution in [0.3, 0.4) is 0 Å². The number of ether oxygens (including phenoxy) is 1. The lowest BCUT2D eigenvalue weighted by Crippen LogP contribution is -2.23. The number of methoxy groups -OCH3 is 1. The third-order valence-electron chi connectivity index (χ3n) is 2.52. The van der Waals surface area contributed by atoms with Crippen LogP contribution in [0.15, 0.2) is 59.8 Å². The van der Waals surface area contributed by atoms with E-state index in [9.17, 15) is 4.79 Å². The van der Waals surface area contributed by atoms with E-state index in [-0.39, 0.29) is 5.78 Å². The van der Waals surface area contributed by atoms with Crippen molar-refractivity contribution < 1.29 is 9.53 Å². The summed E-state index contributed by atoms with van der Waals surface area (Å²) in [6.07, 6.45) is 6.99. The molecular weight excluding hydrogens is 214 g/mol. The van der Waals surface area contributed by atoms with Gasteiger partial charge in [0.05, 0.1) is 7.11 Å². The normalized spacial score (nSPS) is 18.4. The Morgan fingerprint density at radius 1 is 1.24 bits per heavy atom. The van der Waals surface area contributed by atoms with E-state index < -0.39 is 5.92 Å². The zero-order valence-electron chi connectivity index (χ0n) is 9.54. The SMILES string of the molecule is COC1=NC=CC=CC1C(=O)c1ccccc1. The Kier molecular flexibility index (Phi) is 3.50. The molecule has 1 heterocycles. The van der Waals surface area contributed by atoms with Crippen molar-refractivity contribution in [3.8, 4) is 0 Å². The summed E-state index contributed by atoms with van der Waals surface area (Å²) in [5.74, 6) is -0.0348. The van der Waals surface area contributed by atoms with E-state index >= 15 is 0 Å². The van der Waals surface area contributed by atoms with Gasteiger partial charge in [-0.2, -0.15) is 0 Å². The molecule has 1 unspecified atom stereocenters. The Bertz CT molecular complexity index is 486. The van der Waals surface area contributed by atoms with Crippen LogP contribution in [0.2, 0.25) is 0 Å². The fraction of sp³-hybridized carbons (Fsp3) is 0.143. The minimum absolute atomic E-state index is 0.00819. The van der Waals surface area contributed by atoms with Gasteiger partial charge in [0.25, 0.3) is 0 Å². The van der Waals surface area contributed by atoms with Crippen LogP contribution in [-0.2, 0) is 4.74 Å². The zero-order chi connectivity index (χ0) is 12.1. The molecule has 1 aliphatic rings. The third-order valence-corrected chi connectivity index (χ3v) is 2.52. The van der Waals surface area contributed by atoms with E-state index in [1.165, 1.54) is 7.11 Å². The van der Waals surface area contributed by atoms with Gasteiger partial charge in [-0.15, -0.1) is 0 Å². The van der Waals surface area contributed by atoms with Gasteiger partial charge in [-0.1, -0.05) is 42.5 Å². The second-order valence-electron chi connectivity index (χ2n) is 3.61. The Labute approximate surface area is 100 Å². The first-order valence-corrected chi connectivity index (χ1v) is 5.37. The standard InChI is InChI=1S/C14H13NO2/c1-17-14-12(9-5-6-10-15-14)13(16)11-7-3-2-4-8-11/h2-10,12H,1H3. The molecule has 1 aromatic carbocycles. The zero-order valence-corrected chi connectivity index (χ0v) is 9.54. The summed E-state index contributed by atoms with van der Waals surface area (Å²) in [6.45, 7) is 0. The number of nitrogens with zero attached hydrogens (tertiary/aromatic N) is 1. The second kappa shape index (κ2) is 5.25. The van der Waals surface area contributed by atoms with Crippen LogP contribution in [-0.4, -0.2) is 18.8 Å². The van der Waals surface area contributed by atoms with Crippen molar-refractivity contribution in [1.29, 1.82) is 0 Å². The van der Waals surface area contributed by atoms with Crippen molar-refractivity contribution in [2.45, 2.75) is 0 Å². The molecule has 0 amide bonds. The maximum atomic E-state index is 12.3. The molecule has 3 heteroatoms. The van der Waals surface area contributed by atoms with Gasteiger partial charge in [-0.25, -0.2) is 4.99 Å². The van der Waals surface area contributed by atoms with Crippen LogP contribution < -0.4 is 0 Å². The number of Topliss-reactive ketones (excluding diaryl/α,β-unsaturated/α-hetero) is 1. The minimum atomic E-state index is -0.447. The molecule has 0 bridgehead atoms. The number of benzene rings is 1. The molecule has 1 atom stereocenters. The Balaban J connectivity index is 2.30. The molecule has 0 spiro atoms. The first-order chi connectivity index (χ1) is 8.33. The predicted molar refractivity (Wildman–Crippen MR) is 67.0 cm³/mol. The van der Waals surface area contributed by atoms with Gasteiger partial charge >= 0.3 is 0 Å². The highest BCUT2D eigenvalue weighted by molar-refractivity contribution is 6.11. The van der Waals surface area contributed by atoms with Crippen LogP contribution in [0.1, 0.15) is 10.4 Å². The fourth-order valence-corrected chi connectivity index (χ4v) is 1.67. The van der Waals surface area contributed by atoms with Crippen molar-refractivity contribution >= 4 is 11.7 Å². The molecule has 17 heavy (non-hydrogen) atoms. The molecule has 2 rings (SSSR count). The van der Waals surface area contributed by atoms with Crippen molar-refractivity contribution in [2.24, 2.45) is 10.9 Å². The summed E-state index contributed by atoms with van der Waals surface area (Å²) in [4.78, 5) is 16.4. The maximum absolute atomic E-state index is 12.3. The molecule has 1 aliphatic heterocycles. The average Bonchev–Trinajstić information content (AvgIpc) is 2.64. The van der Waals surface area contributed by atoms with Gasteiger partial charge < -0.3 is 4.74 Å². The van der Waals surface area contributed by atoms with Crippen LogP contribution >= 0.6 is 0 Å². The van der Waals surface area contributed by atoms with E-state index in [4.69, 9.17) is 4.74 Å². The number of allylic oxidation sites excluding steroid dienone is 2. The summed E-state index contributed by atoms with van der Waals surface area (Å²) in [6, 6.07) is 9.15. The second-order valence-corrected chi connectivity index (χ2v) is 3.61. The molecule has 1 aromatic rings. The van der Waals surface area contributed by atoms with E-state index in [0.29, 0.717) is 11.5 Å².